The number of aryl methyl sites for hydroxylation is 1. The van der Waals surface area contributed by atoms with Crippen molar-refractivity contribution in [3.05, 3.63) is 28.8 Å². The van der Waals surface area contributed by atoms with Crippen LogP contribution >= 0.6 is 0 Å². The van der Waals surface area contributed by atoms with E-state index < -0.39 is 11.4 Å². The zero-order chi connectivity index (χ0) is 14.0. The molecule has 1 N–H and O–H groups in total. The predicted molar refractivity (Wildman–Crippen MR) is 74.9 cm³/mol. The Kier molecular flexibility index (Phi) is 3.83. The highest BCUT2D eigenvalue weighted by Gasteiger charge is 2.43. The molecular weight excluding hydrogens is 240 g/mol. The minimum absolute atomic E-state index is 0.710. The molecule has 0 radical (unpaired) electrons. The van der Waals surface area contributed by atoms with Crippen LogP contribution in [0.4, 0.5) is 0 Å². The van der Waals surface area contributed by atoms with Gasteiger partial charge in [-0.3, -0.25) is 4.79 Å². The molecule has 0 spiro atoms. The first kappa shape index (κ1) is 13.9. The Balaban J connectivity index is 2.60. The Bertz CT molecular complexity index is 485. The third kappa shape index (κ3) is 2.22. The van der Waals surface area contributed by atoms with E-state index in [1.165, 1.54) is 0 Å². The van der Waals surface area contributed by atoms with Crippen LogP contribution in [0.15, 0.2) is 12.1 Å². The average Bonchev–Trinajstić information content (AvgIpc) is 2.42. The largest absolute Gasteiger partial charge is 0.496 e. The minimum atomic E-state index is -0.762. The molecule has 1 aliphatic carbocycles. The van der Waals surface area contributed by atoms with Crippen molar-refractivity contribution < 1.29 is 14.6 Å². The van der Waals surface area contributed by atoms with E-state index in [0.717, 1.165) is 41.7 Å². The van der Waals surface area contributed by atoms with Gasteiger partial charge in [-0.05, 0) is 37.8 Å². The van der Waals surface area contributed by atoms with Gasteiger partial charge in [0.25, 0.3) is 0 Å². The van der Waals surface area contributed by atoms with E-state index in [-0.39, 0.29) is 0 Å². The van der Waals surface area contributed by atoms with Gasteiger partial charge in [0.15, 0.2) is 0 Å². The first-order chi connectivity index (χ1) is 9.03. The van der Waals surface area contributed by atoms with Gasteiger partial charge in [-0.25, -0.2) is 0 Å². The summed E-state index contributed by atoms with van der Waals surface area (Å²) in [7, 11) is 1.63. The molecule has 0 aromatic heterocycles. The number of hydrogen-bond acceptors (Lipinski definition) is 2. The molecule has 0 unspecified atom stereocenters. The summed E-state index contributed by atoms with van der Waals surface area (Å²) in [6, 6.07) is 3.95. The Hall–Kier alpha value is -1.51. The van der Waals surface area contributed by atoms with Crippen molar-refractivity contribution in [1.29, 1.82) is 0 Å². The molecule has 1 aliphatic rings. The summed E-state index contributed by atoms with van der Waals surface area (Å²) in [5, 5.41) is 9.77. The van der Waals surface area contributed by atoms with E-state index in [4.69, 9.17) is 4.74 Å². The number of hydrogen-bond donors (Lipinski definition) is 1. The second-order valence-electron chi connectivity index (χ2n) is 5.54. The molecule has 0 saturated heterocycles. The van der Waals surface area contributed by atoms with Gasteiger partial charge in [0, 0.05) is 5.56 Å². The van der Waals surface area contributed by atoms with Gasteiger partial charge in [-0.1, -0.05) is 31.4 Å². The summed E-state index contributed by atoms with van der Waals surface area (Å²) in [6.45, 7) is 4.02. The van der Waals surface area contributed by atoms with Crippen molar-refractivity contribution in [2.24, 2.45) is 0 Å². The van der Waals surface area contributed by atoms with E-state index in [9.17, 15) is 9.90 Å². The van der Waals surface area contributed by atoms with Crippen LogP contribution in [0.25, 0.3) is 0 Å². The van der Waals surface area contributed by atoms with E-state index in [1.54, 1.807) is 7.11 Å². The lowest BCUT2D eigenvalue weighted by atomic mass is 9.68. The van der Waals surface area contributed by atoms with Crippen molar-refractivity contribution in [3.63, 3.8) is 0 Å². The standard InChI is InChI=1S/C16H22O3/c1-11-7-8-13(14(19-3)12(11)2)16(15(17)18)9-5-4-6-10-16/h7-8H,4-6,9-10H2,1-3H3,(H,17,18). The summed E-state index contributed by atoms with van der Waals surface area (Å²) in [6.07, 6.45) is 4.50. The fraction of sp³-hybridized carbons (Fsp3) is 0.562. The van der Waals surface area contributed by atoms with Crippen molar-refractivity contribution >= 4 is 5.97 Å². The SMILES string of the molecule is COc1c(C2(C(=O)O)CCCCC2)ccc(C)c1C. The quantitative estimate of drug-likeness (QED) is 0.905. The molecular formula is C16H22O3. The van der Waals surface area contributed by atoms with Crippen LogP contribution in [0.3, 0.4) is 0 Å². The first-order valence-corrected chi connectivity index (χ1v) is 6.91. The fourth-order valence-electron chi connectivity index (χ4n) is 3.18. The molecule has 0 heterocycles. The normalized spacial score (nSPS) is 18.1. The van der Waals surface area contributed by atoms with Gasteiger partial charge in [-0.15, -0.1) is 0 Å². The lowest BCUT2D eigenvalue weighted by Gasteiger charge is -2.35. The zero-order valence-corrected chi connectivity index (χ0v) is 12.0. The molecule has 1 aromatic rings. The molecule has 1 aromatic carbocycles. The maximum Gasteiger partial charge on any atom is 0.314 e. The molecule has 1 fully saturated rings. The second kappa shape index (κ2) is 5.24. The van der Waals surface area contributed by atoms with E-state index >= 15 is 0 Å². The summed E-state index contributed by atoms with van der Waals surface area (Å²) in [4.78, 5) is 11.9. The number of carboxylic acids is 1. The lowest BCUT2D eigenvalue weighted by Crippen LogP contribution is -2.38. The summed E-state index contributed by atoms with van der Waals surface area (Å²) in [5.41, 5.74) is 2.27. The van der Waals surface area contributed by atoms with E-state index in [2.05, 4.69) is 0 Å². The number of benzene rings is 1. The monoisotopic (exact) mass is 262 g/mol. The van der Waals surface area contributed by atoms with Gasteiger partial charge in [0.1, 0.15) is 5.75 Å². The molecule has 0 aliphatic heterocycles. The van der Waals surface area contributed by atoms with Crippen LogP contribution in [0.5, 0.6) is 5.75 Å². The molecule has 19 heavy (non-hydrogen) atoms. The Morgan fingerprint density at radius 2 is 1.84 bits per heavy atom. The first-order valence-electron chi connectivity index (χ1n) is 6.91. The van der Waals surface area contributed by atoms with Crippen LogP contribution < -0.4 is 4.74 Å². The zero-order valence-electron chi connectivity index (χ0n) is 12.0. The highest BCUT2D eigenvalue weighted by atomic mass is 16.5. The smallest absolute Gasteiger partial charge is 0.314 e. The third-order valence-electron chi connectivity index (χ3n) is 4.51. The number of rotatable bonds is 3. The van der Waals surface area contributed by atoms with Crippen LogP contribution in [0.1, 0.15) is 48.8 Å². The maximum absolute atomic E-state index is 11.9. The molecule has 2 rings (SSSR count). The van der Waals surface area contributed by atoms with Crippen LogP contribution in [0, 0.1) is 13.8 Å². The van der Waals surface area contributed by atoms with Crippen LogP contribution in [-0.2, 0) is 10.2 Å². The van der Waals surface area contributed by atoms with Crippen LogP contribution in [0.2, 0.25) is 0 Å². The highest BCUT2D eigenvalue weighted by Crippen LogP contribution is 2.45. The van der Waals surface area contributed by atoms with Crippen molar-refractivity contribution in [2.75, 3.05) is 7.11 Å². The molecule has 0 amide bonds. The molecule has 3 heteroatoms. The highest BCUT2D eigenvalue weighted by molar-refractivity contribution is 5.83. The summed E-state index contributed by atoms with van der Waals surface area (Å²) < 4.78 is 5.52. The number of ether oxygens (including phenoxy) is 1. The van der Waals surface area contributed by atoms with Crippen molar-refractivity contribution in [3.8, 4) is 5.75 Å². The third-order valence-corrected chi connectivity index (χ3v) is 4.51. The van der Waals surface area contributed by atoms with E-state index in [0.29, 0.717) is 12.8 Å². The Labute approximate surface area is 114 Å². The molecule has 0 bridgehead atoms. The van der Waals surface area contributed by atoms with Gasteiger partial charge in [0.2, 0.25) is 0 Å². The van der Waals surface area contributed by atoms with Gasteiger partial charge in [-0.2, -0.15) is 0 Å². The number of carbonyl (C=O) groups is 1. The topological polar surface area (TPSA) is 46.5 Å². The minimum Gasteiger partial charge on any atom is -0.496 e. The molecule has 1 saturated carbocycles. The average molecular weight is 262 g/mol. The van der Waals surface area contributed by atoms with Gasteiger partial charge < -0.3 is 9.84 Å². The van der Waals surface area contributed by atoms with E-state index in [1.807, 2.05) is 26.0 Å². The lowest BCUT2D eigenvalue weighted by molar-refractivity contribution is -0.145. The van der Waals surface area contributed by atoms with Crippen LogP contribution in [-0.4, -0.2) is 18.2 Å². The number of methoxy groups -OCH3 is 1. The fourth-order valence-corrected chi connectivity index (χ4v) is 3.18. The maximum atomic E-state index is 11.9. The Morgan fingerprint density at radius 1 is 1.21 bits per heavy atom. The Morgan fingerprint density at radius 3 is 2.37 bits per heavy atom. The molecule has 0 atom stereocenters. The van der Waals surface area contributed by atoms with Crippen molar-refractivity contribution in [2.45, 2.75) is 51.4 Å². The van der Waals surface area contributed by atoms with Crippen molar-refractivity contribution in [1.82, 2.24) is 0 Å². The summed E-state index contributed by atoms with van der Waals surface area (Å²) >= 11 is 0. The van der Waals surface area contributed by atoms with Gasteiger partial charge >= 0.3 is 5.97 Å². The predicted octanol–water partition coefficient (Wildman–Crippen LogP) is 3.60. The number of carboxylic acid groups (broad SMARTS) is 1. The second-order valence-corrected chi connectivity index (χ2v) is 5.54. The molecule has 3 nitrogen and oxygen atoms in total. The molecule has 104 valence electrons. The van der Waals surface area contributed by atoms with Gasteiger partial charge in [0.05, 0.1) is 12.5 Å². The number of aliphatic carboxylic acids is 1. The summed E-state index contributed by atoms with van der Waals surface area (Å²) in [5.74, 6) is 0.0399.